The quantitative estimate of drug-likeness (QED) is 0.480. The monoisotopic (exact) mass is 437 g/mol. The molecule has 4 atom stereocenters. The summed E-state index contributed by atoms with van der Waals surface area (Å²) in [6.07, 6.45) is -3.09. The summed E-state index contributed by atoms with van der Waals surface area (Å²) in [5, 5.41) is 37.8. The molecule has 1 aliphatic rings. The fraction of sp³-hybridized carbons (Fsp3) is 0.286. The molecule has 1 aliphatic heterocycles. The number of aliphatic hydroxyl groups is 2. The highest BCUT2D eigenvalue weighted by Gasteiger charge is 2.57. The number of anilines is 1. The molecule has 11 heteroatoms. The van der Waals surface area contributed by atoms with Crippen LogP contribution in [0, 0.1) is 11.3 Å². The molecule has 3 heterocycles. The van der Waals surface area contributed by atoms with Crippen molar-refractivity contribution in [3.8, 4) is 6.07 Å². The average Bonchev–Trinajstić information content (AvgIpc) is 3.34. The van der Waals surface area contributed by atoms with E-state index in [9.17, 15) is 25.1 Å². The number of fused-ring (bicyclic) bond motifs is 1. The summed E-state index contributed by atoms with van der Waals surface area (Å²) in [6.45, 7) is 0.853. The van der Waals surface area contributed by atoms with Gasteiger partial charge in [0.1, 0.15) is 42.8 Å². The van der Waals surface area contributed by atoms with Crippen LogP contribution in [0.25, 0.3) is 5.52 Å². The topological polar surface area (TPSA) is 159 Å². The molecule has 0 aliphatic carbocycles. The van der Waals surface area contributed by atoms with E-state index in [1.807, 2.05) is 6.07 Å². The first-order valence-corrected chi connectivity index (χ1v) is 9.65. The molecule has 1 saturated heterocycles. The number of hydrogen-bond acceptors (Lipinski definition) is 9. The highest BCUT2D eigenvalue weighted by atomic mass is 16.6. The van der Waals surface area contributed by atoms with Gasteiger partial charge in [-0.15, -0.1) is 0 Å². The van der Waals surface area contributed by atoms with Crippen molar-refractivity contribution in [1.82, 2.24) is 14.6 Å². The first-order valence-electron chi connectivity index (χ1n) is 9.65. The first-order chi connectivity index (χ1) is 15.4. The van der Waals surface area contributed by atoms with Crippen molar-refractivity contribution < 1.29 is 29.3 Å². The summed E-state index contributed by atoms with van der Waals surface area (Å²) in [6, 6.07) is 13.5. The van der Waals surface area contributed by atoms with Crippen molar-refractivity contribution in [3.05, 3.63) is 60.0 Å². The molecule has 1 fully saturated rings. The lowest BCUT2D eigenvalue weighted by Crippen LogP contribution is -2.41. The number of nitriles is 1. The number of nitrogens with one attached hydrogen (secondary N) is 1. The Labute approximate surface area is 181 Å². The van der Waals surface area contributed by atoms with Crippen molar-refractivity contribution in [2.45, 2.75) is 30.8 Å². The van der Waals surface area contributed by atoms with E-state index in [4.69, 9.17) is 9.47 Å². The van der Waals surface area contributed by atoms with Crippen LogP contribution in [-0.4, -0.2) is 61.6 Å². The number of nitrogens with zero attached hydrogens (tertiary/aromatic N) is 4. The van der Waals surface area contributed by atoms with E-state index in [0.29, 0.717) is 11.1 Å². The molecule has 0 radical (unpaired) electrons. The fourth-order valence-corrected chi connectivity index (χ4v) is 3.60. The number of carbonyl (C=O) groups excluding carboxylic acids is 2. The van der Waals surface area contributed by atoms with E-state index in [0.717, 1.165) is 0 Å². The Morgan fingerprint density at radius 3 is 2.72 bits per heavy atom. The van der Waals surface area contributed by atoms with Gasteiger partial charge in [0.2, 0.25) is 5.60 Å². The van der Waals surface area contributed by atoms with E-state index in [1.165, 1.54) is 23.8 Å². The van der Waals surface area contributed by atoms with Crippen molar-refractivity contribution in [2.24, 2.45) is 0 Å². The van der Waals surface area contributed by atoms with Gasteiger partial charge in [0.05, 0.1) is 5.69 Å². The Bertz CT molecular complexity index is 1210. The Balaban J connectivity index is 1.69. The second-order valence-corrected chi connectivity index (χ2v) is 7.19. The number of esters is 1. The lowest BCUT2D eigenvalue weighted by atomic mass is 9.92. The van der Waals surface area contributed by atoms with E-state index in [1.54, 1.807) is 36.4 Å². The molecular formula is C21H19N5O6. The summed E-state index contributed by atoms with van der Waals surface area (Å²) in [4.78, 5) is 27.7. The summed E-state index contributed by atoms with van der Waals surface area (Å²) in [5.41, 5.74) is -1.11. The summed E-state index contributed by atoms with van der Waals surface area (Å²) in [5.74, 6) is -0.805. The van der Waals surface area contributed by atoms with E-state index < -0.39 is 35.8 Å². The van der Waals surface area contributed by atoms with Gasteiger partial charge < -0.3 is 25.0 Å². The minimum Gasteiger partial charge on any atom is -0.463 e. The van der Waals surface area contributed by atoms with Gasteiger partial charge in [0.25, 0.3) is 5.91 Å². The number of rotatable bonds is 5. The molecule has 164 valence electrons. The molecule has 1 aromatic carbocycles. The SMILES string of the molecule is CC(=O)OC[C@H]1O[C@@](C#N)(c2ccc3c(NC(=O)c4ccccc4)ncnn23)[C@H](O)[C@@H]1O. The first kappa shape index (κ1) is 21.4. The largest absolute Gasteiger partial charge is 0.463 e. The van der Waals surface area contributed by atoms with Crippen molar-refractivity contribution in [2.75, 3.05) is 11.9 Å². The van der Waals surface area contributed by atoms with Gasteiger partial charge in [0.15, 0.2) is 5.82 Å². The molecule has 1 amide bonds. The summed E-state index contributed by atoms with van der Waals surface area (Å²) in [7, 11) is 0. The molecule has 3 N–H and O–H groups in total. The van der Waals surface area contributed by atoms with E-state index >= 15 is 0 Å². The Morgan fingerprint density at radius 2 is 2.03 bits per heavy atom. The van der Waals surface area contributed by atoms with Crippen LogP contribution >= 0.6 is 0 Å². The van der Waals surface area contributed by atoms with Crippen LogP contribution in [0.4, 0.5) is 5.82 Å². The number of aliphatic hydroxyl groups excluding tert-OH is 2. The van der Waals surface area contributed by atoms with Gasteiger partial charge in [-0.3, -0.25) is 9.59 Å². The van der Waals surface area contributed by atoms with Gasteiger partial charge in [-0.25, -0.2) is 9.50 Å². The summed E-state index contributed by atoms with van der Waals surface area (Å²) >= 11 is 0. The zero-order valence-electron chi connectivity index (χ0n) is 16.9. The smallest absolute Gasteiger partial charge is 0.302 e. The number of ether oxygens (including phenoxy) is 2. The molecule has 0 spiro atoms. The van der Waals surface area contributed by atoms with Gasteiger partial charge in [-0.1, -0.05) is 18.2 Å². The Morgan fingerprint density at radius 1 is 1.28 bits per heavy atom. The zero-order valence-corrected chi connectivity index (χ0v) is 16.9. The van der Waals surface area contributed by atoms with Crippen LogP contribution in [0.3, 0.4) is 0 Å². The highest BCUT2D eigenvalue weighted by Crippen LogP contribution is 2.40. The molecular weight excluding hydrogens is 418 g/mol. The minimum absolute atomic E-state index is 0.115. The normalized spacial score (nSPS) is 24.8. The molecule has 3 aromatic rings. The van der Waals surface area contributed by atoms with Crippen LogP contribution < -0.4 is 5.32 Å². The van der Waals surface area contributed by atoms with Gasteiger partial charge in [-0.05, 0) is 24.3 Å². The molecule has 11 nitrogen and oxygen atoms in total. The number of carbonyl (C=O) groups is 2. The highest BCUT2D eigenvalue weighted by molar-refractivity contribution is 6.05. The predicted octanol–water partition coefficient (Wildman–Crippen LogP) is 0.384. The number of benzene rings is 1. The maximum absolute atomic E-state index is 12.5. The molecule has 4 rings (SSSR count). The standard InChI is InChI=1S/C21H19N5O6/c1-12(27)31-9-15-17(28)18(29)21(10-22,32-15)16-8-7-14-19(23-11-24-26(14)16)25-20(30)13-5-3-2-4-6-13/h2-8,11,15,17-18,28-29H,9H2,1H3,(H,23,24,25,30)/t15-,17-,18-,21+/m1/s1. The molecule has 32 heavy (non-hydrogen) atoms. The van der Waals surface area contributed by atoms with Gasteiger partial charge >= 0.3 is 5.97 Å². The Hall–Kier alpha value is -3.85. The predicted molar refractivity (Wildman–Crippen MR) is 108 cm³/mol. The Kier molecular flexibility index (Phi) is 5.58. The molecule has 0 unspecified atom stereocenters. The lowest BCUT2D eigenvalue weighted by molar-refractivity contribution is -0.148. The van der Waals surface area contributed by atoms with E-state index in [2.05, 4.69) is 15.4 Å². The van der Waals surface area contributed by atoms with Crippen molar-refractivity contribution in [3.63, 3.8) is 0 Å². The van der Waals surface area contributed by atoms with Crippen molar-refractivity contribution in [1.29, 1.82) is 5.26 Å². The van der Waals surface area contributed by atoms with Crippen molar-refractivity contribution >= 4 is 23.2 Å². The third kappa shape index (κ3) is 3.56. The van der Waals surface area contributed by atoms with E-state index in [-0.39, 0.29) is 18.1 Å². The van der Waals surface area contributed by atoms with Crippen LogP contribution in [-0.2, 0) is 19.9 Å². The van der Waals surface area contributed by atoms with Crippen LogP contribution in [0.1, 0.15) is 23.0 Å². The minimum atomic E-state index is -1.99. The van der Waals surface area contributed by atoms with Gasteiger partial charge in [0, 0.05) is 12.5 Å². The average molecular weight is 437 g/mol. The molecule has 2 aromatic heterocycles. The number of hydrogen-bond donors (Lipinski definition) is 3. The second kappa shape index (κ2) is 8.35. The molecule has 0 saturated carbocycles. The summed E-state index contributed by atoms with van der Waals surface area (Å²) < 4.78 is 11.9. The molecule has 0 bridgehead atoms. The lowest BCUT2D eigenvalue weighted by Gasteiger charge is -2.24. The number of aromatic nitrogens is 3. The zero-order chi connectivity index (χ0) is 22.9. The van der Waals surface area contributed by atoms with Crippen LogP contribution in [0.15, 0.2) is 48.8 Å². The van der Waals surface area contributed by atoms with Gasteiger partial charge in [-0.2, -0.15) is 10.4 Å². The maximum Gasteiger partial charge on any atom is 0.302 e. The third-order valence-electron chi connectivity index (χ3n) is 5.18. The fourth-order valence-electron chi connectivity index (χ4n) is 3.60. The second-order valence-electron chi connectivity index (χ2n) is 7.19. The van der Waals surface area contributed by atoms with Crippen LogP contribution in [0.2, 0.25) is 0 Å². The number of amides is 1. The van der Waals surface area contributed by atoms with Crippen LogP contribution in [0.5, 0.6) is 0 Å². The third-order valence-corrected chi connectivity index (χ3v) is 5.18. The maximum atomic E-state index is 12.5.